The van der Waals surface area contributed by atoms with E-state index >= 15 is 0 Å². The summed E-state index contributed by atoms with van der Waals surface area (Å²) in [5.41, 5.74) is 0. The number of H-pyrrole nitrogens is 1. The molecule has 2 saturated carbocycles. The molecule has 4 nitrogen and oxygen atoms in total. The molecule has 1 aromatic rings. The van der Waals surface area contributed by atoms with Crippen LogP contribution >= 0.6 is 12.2 Å². The standard InChI is InChI=1S/C16H26N4S/c21-16-18-17-15(20(16)13-8-2-3-9-13)19-11-5-7-12-6-1-4-10-14(12)19/h12-14H,1-11H2,(H,18,21). The van der Waals surface area contributed by atoms with E-state index in [1.54, 1.807) is 0 Å². The fraction of sp³-hybridized carbons (Fsp3) is 0.875. The highest BCUT2D eigenvalue weighted by Gasteiger charge is 2.36. The minimum atomic E-state index is 0.579. The second kappa shape index (κ2) is 5.75. The Kier molecular flexibility index (Phi) is 3.78. The molecule has 0 bridgehead atoms. The van der Waals surface area contributed by atoms with Gasteiger partial charge in [0.15, 0.2) is 4.77 Å². The molecular weight excluding hydrogens is 280 g/mol. The van der Waals surface area contributed by atoms with Gasteiger partial charge in [0, 0.05) is 18.6 Å². The number of aromatic amines is 1. The maximum Gasteiger partial charge on any atom is 0.226 e. The van der Waals surface area contributed by atoms with Crippen molar-refractivity contribution in [2.45, 2.75) is 76.3 Å². The quantitative estimate of drug-likeness (QED) is 0.831. The molecule has 1 aromatic heterocycles. The van der Waals surface area contributed by atoms with Gasteiger partial charge in [0.25, 0.3) is 0 Å². The molecule has 3 aliphatic rings. The van der Waals surface area contributed by atoms with E-state index in [2.05, 4.69) is 19.7 Å². The molecule has 2 aliphatic carbocycles. The van der Waals surface area contributed by atoms with Crippen LogP contribution in [0.4, 0.5) is 5.95 Å². The third-order valence-corrected chi connectivity index (χ3v) is 6.16. The number of nitrogens with one attached hydrogen (secondary N) is 1. The molecule has 21 heavy (non-hydrogen) atoms. The van der Waals surface area contributed by atoms with Crippen molar-refractivity contribution in [3.05, 3.63) is 4.77 Å². The van der Waals surface area contributed by atoms with Crippen LogP contribution < -0.4 is 4.90 Å². The summed E-state index contributed by atoms with van der Waals surface area (Å²) in [6.45, 7) is 1.16. The van der Waals surface area contributed by atoms with Crippen molar-refractivity contribution >= 4 is 18.2 Å². The van der Waals surface area contributed by atoms with Crippen LogP contribution in [0.5, 0.6) is 0 Å². The zero-order valence-electron chi connectivity index (χ0n) is 12.8. The molecule has 3 fully saturated rings. The van der Waals surface area contributed by atoms with Gasteiger partial charge in [-0.3, -0.25) is 4.57 Å². The SMILES string of the molecule is S=c1[nH]nc(N2CCCC3CCCCC32)n1C1CCCC1. The van der Waals surface area contributed by atoms with Crippen molar-refractivity contribution < 1.29 is 0 Å². The number of piperidine rings is 1. The Hall–Kier alpha value is -0.840. The highest BCUT2D eigenvalue weighted by atomic mass is 32.1. The summed E-state index contributed by atoms with van der Waals surface area (Å²) in [4.78, 5) is 2.60. The van der Waals surface area contributed by atoms with Crippen LogP contribution in [0.2, 0.25) is 0 Å². The molecule has 2 unspecified atom stereocenters. The first-order valence-electron chi connectivity index (χ1n) is 8.78. The maximum absolute atomic E-state index is 5.54. The molecule has 2 heterocycles. The lowest BCUT2D eigenvalue weighted by molar-refractivity contribution is 0.239. The third kappa shape index (κ3) is 2.43. The Morgan fingerprint density at radius 1 is 0.952 bits per heavy atom. The smallest absolute Gasteiger partial charge is 0.226 e. The van der Waals surface area contributed by atoms with Gasteiger partial charge in [-0.2, -0.15) is 0 Å². The highest BCUT2D eigenvalue weighted by Crippen LogP contribution is 2.39. The van der Waals surface area contributed by atoms with Crippen LogP contribution in [0, 0.1) is 10.7 Å². The number of nitrogens with zero attached hydrogens (tertiary/aromatic N) is 3. The Morgan fingerprint density at radius 3 is 2.52 bits per heavy atom. The number of fused-ring (bicyclic) bond motifs is 1. The van der Waals surface area contributed by atoms with Gasteiger partial charge in [-0.25, -0.2) is 5.10 Å². The van der Waals surface area contributed by atoms with Crippen molar-refractivity contribution in [2.75, 3.05) is 11.4 Å². The lowest BCUT2D eigenvalue weighted by Gasteiger charge is -2.44. The number of hydrogen-bond donors (Lipinski definition) is 1. The fourth-order valence-electron chi connectivity index (χ4n) is 4.86. The molecule has 116 valence electrons. The first-order chi connectivity index (χ1) is 10.3. The van der Waals surface area contributed by atoms with Gasteiger partial charge in [-0.1, -0.05) is 25.7 Å². The minimum Gasteiger partial charge on any atom is -0.338 e. The van der Waals surface area contributed by atoms with E-state index in [1.807, 2.05) is 0 Å². The van der Waals surface area contributed by atoms with E-state index < -0.39 is 0 Å². The molecule has 1 N–H and O–H groups in total. The Bertz CT molecular complexity index is 541. The van der Waals surface area contributed by atoms with Crippen molar-refractivity contribution in [3.8, 4) is 0 Å². The fourth-order valence-corrected chi connectivity index (χ4v) is 5.14. The Morgan fingerprint density at radius 2 is 1.67 bits per heavy atom. The highest BCUT2D eigenvalue weighted by molar-refractivity contribution is 7.71. The summed E-state index contributed by atoms with van der Waals surface area (Å²) in [6, 6.07) is 1.29. The summed E-state index contributed by atoms with van der Waals surface area (Å²) in [5.74, 6) is 2.03. The normalized spacial score (nSPS) is 30.6. The van der Waals surface area contributed by atoms with E-state index in [-0.39, 0.29) is 0 Å². The van der Waals surface area contributed by atoms with Gasteiger partial charge < -0.3 is 4.90 Å². The van der Waals surface area contributed by atoms with Crippen LogP contribution in [0.1, 0.15) is 70.3 Å². The van der Waals surface area contributed by atoms with E-state index in [9.17, 15) is 0 Å². The summed E-state index contributed by atoms with van der Waals surface area (Å²) in [6.07, 6.45) is 13.5. The average Bonchev–Trinajstić information content (AvgIpc) is 3.16. The predicted octanol–water partition coefficient (Wildman–Crippen LogP) is 4.21. The van der Waals surface area contributed by atoms with Crippen molar-refractivity contribution in [1.29, 1.82) is 0 Å². The van der Waals surface area contributed by atoms with Crippen LogP contribution in [-0.2, 0) is 0 Å². The second-order valence-electron chi connectivity index (χ2n) is 7.08. The van der Waals surface area contributed by atoms with Crippen molar-refractivity contribution in [3.63, 3.8) is 0 Å². The summed E-state index contributed by atoms with van der Waals surface area (Å²) in [7, 11) is 0. The number of anilines is 1. The van der Waals surface area contributed by atoms with Gasteiger partial charge in [0.05, 0.1) is 0 Å². The van der Waals surface area contributed by atoms with E-state index in [0.717, 1.165) is 23.2 Å². The van der Waals surface area contributed by atoms with Crippen molar-refractivity contribution in [1.82, 2.24) is 14.8 Å². The number of aromatic nitrogens is 3. The van der Waals surface area contributed by atoms with Crippen LogP contribution in [-0.4, -0.2) is 27.4 Å². The third-order valence-electron chi connectivity index (χ3n) is 5.88. The second-order valence-corrected chi connectivity index (χ2v) is 7.47. The van der Waals surface area contributed by atoms with Gasteiger partial charge in [-0.05, 0) is 56.7 Å². The molecule has 0 spiro atoms. The van der Waals surface area contributed by atoms with Crippen LogP contribution in [0.25, 0.3) is 0 Å². The topological polar surface area (TPSA) is 36.9 Å². The molecule has 0 amide bonds. The van der Waals surface area contributed by atoms with E-state index in [1.165, 1.54) is 64.2 Å². The summed E-state index contributed by atoms with van der Waals surface area (Å²) < 4.78 is 3.18. The largest absolute Gasteiger partial charge is 0.338 e. The van der Waals surface area contributed by atoms with Gasteiger partial charge >= 0.3 is 0 Å². The Balaban J connectivity index is 1.67. The molecule has 0 radical (unpaired) electrons. The van der Waals surface area contributed by atoms with E-state index in [0.29, 0.717) is 12.1 Å². The van der Waals surface area contributed by atoms with E-state index in [4.69, 9.17) is 12.2 Å². The lowest BCUT2D eigenvalue weighted by atomic mass is 9.78. The molecule has 1 saturated heterocycles. The minimum absolute atomic E-state index is 0.579. The lowest BCUT2D eigenvalue weighted by Crippen LogP contribution is -2.48. The van der Waals surface area contributed by atoms with Crippen LogP contribution in [0.15, 0.2) is 0 Å². The number of rotatable bonds is 2. The molecule has 1 aliphatic heterocycles. The molecule has 0 aromatic carbocycles. The number of hydrogen-bond acceptors (Lipinski definition) is 3. The first-order valence-corrected chi connectivity index (χ1v) is 9.19. The van der Waals surface area contributed by atoms with Crippen molar-refractivity contribution in [2.24, 2.45) is 5.92 Å². The zero-order valence-corrected chi connectivity index (χ0v) is 13.6. The monoisotopic (exact) mass is 306 g/mol. The summed E-state index contributed by atoms with van der Waals surface area (Å²) in [5, 5.41) is 7.73. The van der Waals surface area contributed by atoms with Gasteiger partial charge in [0.2, 0.25) is 5.95 Å². The average molecular weight is 306 g/mol. The van der Waals surface area contributed by atoms with Gasteiger partial charge in [-0.15, -0.1) is 5.10 Å². The first kappa shape index (κ1) is 13.8. The predicted molar refractivity (Wildman–Crippen MR) is 87.2 cm³/mol. The molecule has 2 atom stereocenters. The zero-order chi connectivity index (χ0) is 14.2. The Labute approximate surface area is 131 Å². The maximum atomic E-state index is 5.54. The molecular formula is C16H26N4S. The molecule has 5 heteroatoms. The van der Waals surface area contributed by atoms with Crippen LogP contribution in [0.3, 0.4) is 0 Å². The molecule has 4 rings (SSSR count). The summed E-state index contributed by atoms with van der Waals surface area (Å²) >= 11 is 5.54. The van der Waals surface area contributed by atoms with Gasteiger partial charge in [0.1, 0.15) is 0 Å².